The number of fused-ring (bicyclic) bond motifs is 5. The SMILES string of the molecule is Cc1ccncc1C1=CCC2C3CCC4CCCCCC4(C)C3CCC12C. The van der Waals surface area contributed by atoms with Crippen molar-refractivity contribution >= 4 is 5.57 Å². The molecule has 0 N–H and O–H groups in total. The zero-order valence-corrected chi connectivity index (χ0v) is 17.6. The molecule has 6 unspecified atom stereocenters. The molecule has 6 atom stereocenters. The van der Waals surface area contributed by atoms with E-state index in [1.54, 1.807) is 5.57 Å². The molecule has 27 heavy (non-hydrogen) atoms. The zero-order chi connectivity index (χ0) is 18.6. The van der Waals surface area contributed by atoms with Crippen LogP contribution in [-0.2, 0) is 0 Å². The first kappa shape index (κ1) is 18.0. The highest BCUT2D eigenvalue weighted by Crippen LogP contribution is 2.67. The van der Waals surface area contributed by atoms with Crippen molar-refractivity contribution in [3.05, 3.63) is 35.7 Å². The molecular formula is C26H37N. The summed E-state index contributed by atoms with van der Waals surface area (Å²) >= 11 is 0. The first-order valence-electron chi connectivity index (χ1n) is 11.7. The second-order valence-corrected chi connectivity index (χ2v) is 10.8. The van der Waals surface area contributed by atoms with Crippen molar-refractivity contribution in [3.63, 3.8) is 0 Å². The molecule has 4 aliphatic rings. The molecule has 0 bridgehead atoms. The van der Waals surface area contributed by atoms with Gasteiger partial charge in [-0.1, -0.05) is 39.2 Å². The topological polar surface area (TPSA) is 12.9 Å². The number of hydrogen-bond donors (Lipinski definition) is 0. The summed E-state index contributed by atoms with van der Waals surface area (Å²) < 4.78 is 0. The first-order chi connectivity index (χ1) is 13.0. The zero-order valence-electron chi connectivity index (χ0n) is 17.6. The summed E-state index contributed by atoms with van der Waals surface area (Å²) in [4.78, 5) is 4.47. The lowest BCUT2D eigenvalue weighted by Crippen LogP contribution is -2.51. The molecule has 0 aromatic carbocycles. The third-order valence-electron chi connectivity index (χ3n) is 9.74. The van der Waals surface area contributed by atoms with Crippen LogP contribution in [0.2, 0.25) is 0 Å². The van der Waals surface area contributed by atoms with Crippen molar-refractivity contribution in [1.29, 1.82) is 0 Å². The lowest BCUT2D eigenvalue weighted by Gasteiger charge is -2.59. The van der Waals surface area contributed by atoms with Crippen LogP contribution in [0.3, 0.4) is 0 Å². The average molecular weight is 364 g/mol. The molecule has 1 heteroatoms. The fourth-order valence-corrected chi connectivity index (χ4v) is 8.20. The van der Waals surface area contributed by atoms with E-state index in [0.29, 0.717) is 10.8 Å². The van der Waals surface area contributed by atoms with E-state index in [0.717, 1.165) is 23.7 Å². The lowest BCUT2D eigenvalue weighted by atomic mass is 9.46. The van der Waals surface area contributed by atoms with Gasteiger partial charge in [-0.15, -0.1) is 0 Å². The van der Waals surface area contributed by atoms with Gasteiger partial charge in [0.15, 0.2) is 0 Å². The molecule has 4 aliphatic carbocycles. The molecule has 146 valence electrons. The Morgan fingerprint density at radius 3 is 2.70 bits per heavy atom. The van der Waals surface area contributed by atoms with Gasteiger partial charge in [0, 0.05) is 12.4 Å². The van der Waals surface area contributed by atoms with Gasteiger partial charge in [-0.25, -0.2) is 0 Å². The number of aryl methyl sites for hydroxylation is 1. The van der Waals surface area contributed by atoms with Crippen molar-refractivity contribution in [1.82, 2.24) is 4.98 Å². The standard InChI is InChI=1S/C26H37N/c1-18-13-16-27-17-21(18)23-11-10-22-20-9-8-19-7-5-4-6-14-25(19,2)24(20)12-15-26(22,23)3/h11,13,16-17,19-20,22,24H,4-10,12,14-15H2,1-3H3. The minimum Gasteiger partial charge on any atom is -0.264 e. The molecule has 0 saturated heterocycles. The van der Waals surface area contributed by atoms with Gasteiger partial charge in [-0.05, 0) is 109 Å². The lowest BCUT2D eigenvalue weighted by molar-refractivity contribution is -0.0808. The Bertz CT molecular complexity index is 748. The Hall–Kier alpha value is -1.11. The minimum atomic E-state index is 0.378. The Balaban J connectivity index is 1.47. The van der Waals surface area contributed by atoms with Gasteiger partial charge in [-0.2, -0.15) is 0 Å². The number of hydrogen-bond acceptors (Lipinski definition) is 1. The molecule has 0 aliphatic heterocycles. The summed E-state index contributed by atoms with van der Waals surface area (Å²) in [6.07, 6.45) is 21.3. The van der Waals surface area contributed by atoms with Gasteiger partial charge in [0.05, 0.1) is 0 Å². The molecule has 3 saturated carbocycles. The third kappa shape index (κ3) is 2.60. The minimum absolute atomic E-state index is 0.378. The van der Waals surface area contributed by atoms with E-state index in [-0.39, 0.29) is 0 Å². The summed E-state index contributed by atoms with van der Waals surface area (Å²) in [5, 5.41) is 0. The van der Waals surface area contributed by atoms with Crippen molar-refractivity contribution in [2.24, 2.45) is 34.5 Å². The van der Waals surface area contributed by atoms with Crippen molar-refractivity contribution in [2.45, 2.75) is 85.0 Å². The van der Waals surface area contributed by atoms with Crippen LogP contribution in [0.1, 0.15) is 89.2 Å². The molecule has 0 spiro atoms. The molecular weight excluding hydrogens is 326 g/mol. The highest BCUT2D eigenvalue weighted by molar-refractivity contribution is 5.74. The second-order valence-electron chi connectivity index (χ2n) is 10.8. The molecule has 0 amide bonds. The van der Waals surface area contributed by atoms with Gasteiger partial charge >= 0.3 is 0 Å². The Morgan fingerprint density at radius 2 is 1.85 bits per heavy atom. The normalized spacial score (nSPS) is 43.9. The molecule has 1 aromatic rings. The largest absolute Gasteiger partial charge is 0.264 e. The van der Waals surface area contributed by atoms with E-state index in [9.17, 15) is 0 Å². The van der Waals surface area contributed by atoms with Crippen molar-refractivity contribution in [3.8, 4) is 0 Å². The smallest absolute Gasteiger partial charge is 0.0345 e. The summed E-state index contributed by atoms with van der Waals surface area (Å²) in [5.74, 6) is 3.82. The maximum atomic E-state index is 4.47. The Kier molecular flexibility index (Phi) is 4.30. The van der Waals surface area contributed by atoms with E-state index in [2.05, 4.69) is 44.1 Å². The molecule has 3 fully saturated rings. The van der Waals surface area contributed by atoms with E-state index in [1.807, 2.05) is 6.20 Å². The number of pyridine rings is 1. The van der Waals surface area contributed by atoms with Gasteiger partial charge in [-0.3, -0.25) is 4.98 Å². The van der Waals surface area contributed by atoms with E-state index < -0.39 is 0 Å². The highest BCUT2D eigenvalue weighted by Gasteiger charge is 2.57. The predicted octanol–water partition coefficient (Wildman–Crippen LogP) is 7.21. The predicted molar refractivity (Wildman–Crippen MR) is 113 cm³/mol. The van der Waals surface area contributed by atoms with Crippen LogP contribution in [0.15, 0.2) is 24.5 Å². The Labute approximate surface area is 166 Å². The Morgan fingerprint density at radius 1 is 0.963 bits per heavy atom. The molecule has 1 nitrogen and oxygen atoms in total. The number of rotatable bonds is 1. The second kappa shape index (κ2) is 6.46. The van der Waals surface area contributed by atoms with Gasteiger partial charge in [0.25, 0.3) is 0 Å². The van der Waals surface area contributed by atoms with E-state index in [1.165, 1.54) is 75.3 Å². The number of allylic oxidation sites excluding steroid dienone is 2. The third-order valence-corrected chi connectivity index (χ3v) is 9.74. The fourth-order valence-electron chi connectivity index (χ4n) is 8.20. The van der Waals surface area contributed by atoms with Crippen LogP contribution in [-0.4, -0.2) is 4.98 Å². The van der Waals surface area contributed by atoms with Crippen LogP contribution in [0, 0.1) is 41.4 Å². The summed E-state index contributed by atoms with van der Waals surface area (Å²) in [6, 6.07) is 2.19. The van der Waals surface area contributed by atoms with Gasteiger partial charge < -0.3 is 0 Å². The van der Waals surface area contributed by atoms with Crippen molar-refractivity contribution in [2.75, 3.05) is 0 Å². The fraction of sp³-hybridized carbons (Fsp3) is 0.731. The van der Waals surface area contributed by atoms with Crippen molar-refractivity contribution < 1.29 is 0 Å². The average Bonchev–Trinajstić information content (AvgIpc) is 2.88. The molecule has 5 rings (SSSR count). The number of nitrogens with zero attached hydrogens (tertiary/aromatic N) is 1. The maximum Gasteiger partial charge on any atom is 0.0345 e. The first-order valence-corrected chi connectivity index (χ1v) is 11.7. The van der Waals surface area contributed by atoms with E-state index in [4.69, 9.17) is 0 Å². The quantitative estimate of drug-likeness (QED) is 0.514. The molecule has 0 radical (unpaired) electrons. The number of aromatic nitrogens is 1. The highest BCUT2D eigenvalue weighted by atomic mass is 14.6. The molecule has 1 aromatic heterocycles. The molecule has 1 heterocycles. The van der Waals surface area contributed by atoms with Crippen LogP contribution >= 0.6 is 0 Å². The summed E-state index contributed by atoms with van der Waals surface area (Å²) in [7, 11) is 0. The van der Waals surface area contributed by atoms with Gasteiger partial charge in [0.1, 0.15) is 0 Å². The van der Waals surface area contributed by atoms with E-state index >= 15 is 0 Å². The van der Waals surface area contributed by atoms with Crippen LogP contribution < -0.4 is 0 Å². The van der Waals surface area contributed by atoms with Gasteiger partial charge in [0.2, 0.25) is 0 Å². The van der Waals surface area contributed by atoms with Crippen LogP contribution in [0.5, 0.6) is 0 Å². The van der Waals surface area contributed by atoms with Crippen LogP contribution in [0.25, 0.3) is 5.57 Å². The van der Waals surface area contributed by atoms with Crippen LogP contribution in [0.4, 0.5) is 0 Å². The summed E-state index contributed by atoms with van der Waals surface area (Å²) in [5.41, 5.74) is 5.47. The monoisotopic (exact) mass is 363 g/mol. The maximum absolute atomic E-state index is 4.47. The summed E-state index contributed by atoms with van der Waals surface area (Å²) in [6.45, 7) is 7.57.